The van der Waals surface area contributed by atoms with E-state index in [0.717, 1.165) is 41.4 Å². The zero-order chi connectivity index (χ0) is 24.1. The Balaban J connectivity index is 1.51. The fraction of sp³-hybridized carbons (Fsp3) is 0.939. The maximum absolute atomic E-state index is 2.52. The van der Waals surface area contributed by atoms with Crippen molar-refractivity contribution in [3.05, 3.63) is 11.6 Å². The normalized spacial score (nSPS) is 27.7. The number of hydrogen-bond donors (Lipinski definition) is 0. The summed E-state index contributed by atoms with van der Waals surface area (Å²) < 4.78 is 0. The molecule has 0 saturated heterocycles. The Bertz CT molecular complexity index is 514. The monoisotopic (exact) mass is 458 g/mol. The Morgan fingerprint density at radius 1 is 0.697 bits per heavy atom. The fourth-order valence-corrected chi connectivity index (χ4v) is 7.25. The summed E-state index contributed by atoms with van der Waals surface area (Å²) in [4.78, 5) is 0. The van der Waals surface area contributed by atoms with Gasteiger partial charge in [0, 0.05) is 0 Å². The summed E-state index contributed by atoms with van der Waals surface area (Å²) >= 11 is 0. The van der Waals surface area contributed by atoms with Crippen LogP contribution in [0.2, 0.25) is 0 Å². The molecule has 0 spiro atoms. The van der Waals surface area contributed by atoms with Crippen molar-refractivity contribution >= 4 is 0 Å². The molecular weight excluding hydrogens is 396 g/mol. The molecule has 2 fully saturated rings. The Morgan fingerprint density at radius 2 is 1.27 bits per heavy atom. The van der Waals surface area contributed by atoms with Crippen LogP contribution in [0.5, 0.6) is 0 Å². The molecule has 6 atom stereocenters. The van der Waals surface area contributed by atoms with Gasteiger partial charge in [-0.2, -0.15) is 0 Å². The molecular formula is C33H62. The Hall–Kier alpha value is -0.260. The SMILES string of the molecule is C/C=C1\CC2CC1C(CCCCCC(C)CCCCCCCCC(C)CC)C2CCC(C)C. The highest BCUT2D eigenvalue weighted by Gasteiger charge is 2.48. The van der Waals surface area contributed by atoms with Crippen molar-refractivity contribution < 1.29 is 0 Å². The Labute approximate surface area is 210 Å². The molecule has 0 nitrogen and oxygen atoms in total. The zero-order valence-corrected chi connectivity index (χ0v) is 23.8. The third kappa shape index (κ3) is 10.5. The zero-order valence-electron chi connectivity index (χ0n) is 23.8. The van der Waals surface area contributed by atoms with Crippen molar-refractivity contribution in [1.82, 2.24) is 0 Å². The maximum atomic E-state index is 2.52. The molecule has 0 aromatic rings. The first-order valence-electron chi connectivity index (χ1n) is 15.6. The standard InChI is InChI=1S/C33H62/c1-7-27(5)18-14-11-9-10-12-15-19-28(6)20-16-13-17-21-32-31(23-22-26(3)4)30-24-29(8-2)33(32)25-30/h8,26-28,30-33H,7,9-25H2,1-6H3/b29-8+. The molecule has 0 amide bonds. The Morgan fingerprint density at radius 3 is 1.85 bits per heavy atom. The lowest BCUT2D eigenvalue weighted by molar-refractivity contribution is 0.214. The van der Waals surface area contributed by atoms with E-state index in [1.54, 1.807) is 0 Å². The average Bonchev–Trinajstić information content (AvgIpc) is 3.37. The smallest absolute Gasteiger partial charge is 0.0169 e. The van der Waals surface area contributed by atoms with E-state index in [0.29, 0.717) is 0 Å². The summed E-state index contributed by atoms with van der Waals surface area (Å²) in [6.07, 6.45) is 29.0. The largest absolute Gasteiger partial charge is 0.0882 e. The maximum Gasteiger partial charge on any atom is -0.0169 e. The minimum atomic E-state index is 0.877. The Kier molecular flexibility index (Phi) is 14.4. The highest BCUT2D eigenvalue weighted by atomic mass is 14.5. The van der Waals surface area contributed by atoms with Gasteiger partial charge in [0.15, 0.2) is 0 Å². The van der Waals surface area contributed by atoms with Crippen LogP contribution < -0.4 is 0 Å². The summed E-state index contributed by atoms with van der Waals surface area (Å²) in [6, 6.07) is 0. The van der Waals surface area contributed by atoms with Crippen molar-refractivity contribution in [2.45, 2.75) is 157 Å². The van der Waals surface area contributed by atoms with Gasteiger partial charge in [-0.1, -0.05) is 136 Å². The topological polar surface area (TPSA) is 0 Å². The second-order valence-corrected chi connectivity index (χ2v) is 12.9. The van der Waals surface area contributed by atoms with E-state index in [1.165, 1.54) is 116 Å². The van der Waals surface area contributed by atoms with E-state index in [-0.39, 0.29) is 0 Å². The number of fused-ring (bicyclic) bond motifs is 2. The molecule has 0 aromatic carbocycles. The lowest BCUT2D eigenvalue weighted by Crippen LogP contribution is -2.24. The van der Waals surface area contributed by atoms with Crippen molar-refractivity contribution in [3.63, 3.8) is 0 Å². The van der Waals surface area contributed by atoms with Crippen LogP contribution in [0.25, 0.3) is 0 Å². The van der Waals surface area contributed by atoms with Crippen molar-refractivity contribution in [3.8, 4) is 0 Å². The van der Waals surface area contributed by atoms with Gasteiger partial charge in [-0.15, -0.1) is 0 Å². The van der Waals surface area contributed by atoms with E-state index in [9.17, 15) is 0 Å². The molecule has 0 N–H and O–H groups in total. The molecule has 2 aliphatic rings. The summed E-state index contributed by atoms with van der Waals surface area (Å²) in [5.74, 6) is 6.84. The second kappa shape index (κ2) is 16.4. The first kappa shape index (κ1) is 29.0. The first-order valence-corrected chi connectivity index (χ1v) is 15.6. The van der Waals surface area contributed by atoms with Gasteiger partial charge in [0.1, 0.15) is 0 Å². The highest BCUT2D eigenvalue weighted by molar-refractivity contribution is 5.20. The van der Waals surface area contributed by atoms with Crippen molar-refractivity contribution in [2.24, 2.45) is 41.4 Å². The van der Waals surface area contributed by atoms with Crippen LogP contribution in [0, 0.1) is 41.4 Å². The van der Waals surface area contributed by atoms with E-state index in [1.807, 2.05) is 5.57 Å². The van der Waals surface area contributed by atoms with E-state index in [2.05, 4.69) is 47.6 Å². The summed E-state index contributed by atoms with van der Waals surface area (Å²) in [7, 11) is 0. The first-order chi connectivity index (χ1) is 16.0. The number of hydrogen-bond acceptors (Lipinski definition) is 0. The number of unbranched alkanes of at least 4 members (excludes halogenated alkanes) is 7. The van der Waals surface area contributed by atoms with Crippen LogP contribution in [-0.2, 0) is 0 Å². The molecule has 2 bridgehead atoms. The van der Waals surface area contributed by atoms with Crippen LogP contribution in [-0.4, -0.2) is 0 Å². The average molecular weight is 459 g/mol. The van der Waals surface area contributed by atoms with Crippen molar-refractivity contribution in [1.29, 1.82) is 0 Å². The molecule has 33 heavy (non-hydrogen) atoms. The minimum absolute atomic E-state index is 0.877. The van der Waals surface area contributed by atoms with Gasteiger partial charge in [0.05, 0.1) is 0 Å². The minimum Gasteiger partial charge on any atom is -0.0882 e. The van der Waals surface area contributed by atoms with Gasteiger partial charge in [-0.05, 0) is 74.0 Å². The molecule has 0 aliphatic heterocycles. The molecule has 0 heterocycles. The lowest BCUT2D eigenvalue weighted by Gasteiger charge is -2.33. The molecule has 2 rings (SSSR count). The quantitative estimate of drug-likeness (QED) is 0.133. The van der Waals surface area contributed by atoms with Crippen LogP contribution in [0.3, 0.4) is 0 Å². The summed E-state index contributed by atoms with van der Waals surface area (Å²) in [5.41, 5.74) is 1.83. The molecule has 6 unspecified atom stereocenters. The van der Waals surface area contributed by atoms with Crippen molar-refractivity contribution in [2.75, 3.05) is 0 Å². The molecule has 194 valence electrons. The third-order valence-corrected chi connectivity index (χ3v) is 9.73. The van der Waals surface area contributed by atoms with E-state index >= 15 is 0 Å². The fourth-order valence-electron chi connectivity index (χ4n) is 7.25. The van der Waals surface area contributed by atoms with E-state index in [4.69, 9.17) is 0 Å². The predicted molar refractivity (Wildman–Crippen MR) is 150 cm³/mol. The van der Waals surface area contributed by atoms with Gasteiger partial charge in [0.25, 0.3) is 0 Å². The molecule has 2 saturated carbocycles. The van der Waals surface area contributed by atoms with Gasteiger partial charge in [0.2, 0.25) is 0 Å². The molecule has 0 radical (unpaired) electrons. The van der Waals surface area contributed by atoms with Gasteiger partial charge in [-0.3, -0.25) is 0 Å². The second-order valence-electron chi connectivity index (χ2n) is 12.9. The van der Waals surface area contributed by atoms with E-state index < -0.39 is 0 Å². The van der Waals surface area contributed by atoms with Gasteiger partial charge >= 0.3 is 0 Å². The van der Waals surface area contributed by atoms with Crippen LogP contribution >= 0.6 is 0 Å². The third-order valence-electron chi connectivity index (χ3n) is 9.73. The van der Waals surface area contributed by atoms with Crippen LogP contribution in [0.4, 0.5) is 0 Å². The van der Waals surface area contributed by atoms with Crippen LogP contribution in [0.1, 0.15) is 157 Å². The summed E-state index contributed by atoms with van der Waals surface area (Å²) in [5, 5.41) is 0. The van der Waals surface area contributed by atoms with Gasteiger partial charge in [-0.25, -0.2) is 0 Å². The molecule has 0 aromatic heterocycles. The lowest BCUT2D eigenvalue weighted by atomic mass is 9.72. The number of allylic oxidation sites excluding steroid dienone is 2. The molecule has 0 heteroatoms. The predicted octanol–water partition coefficient (Wildman–Crippen LogP) is 11.4. The number of rotatable bonds is 19. The highest BCUT2D eigenvalue weighted by Crippen LogP contribution is 2.58. The summed E-state index contributed by atoms with van der Waals surface area (Å²) in [6.45, 7) is 14.4. The molecule has 2 aliphatic carbocycles. The van der Waals surface area contributed by atoms with Gasteiger partial charge < -0.3 is 0 Å². The van der Waals surface area contributed by atoms with Crippen LogP contribution in [0.15, 0.2) is 11.6 Å².